The molecule has 1 fully saturated rings. The zero-order chi connectivity index (χ0) is 13.9. The molecule has 1 heterocycles. The van der Waals surface area contributed by atoms with E-state index in [0.717, 1.165) is 17.5 Å². The SMILES string of the molecule is CCC#Cc1ccccc1C1(N(C)C)NC(=O)CO1. The molecule has 1 aliphatic rings. The zero-order valence-electron chi connectivity index (χ0n) is 11.5. The first-order chi connectivity index (χ1) is 9.10. The lowest BCUT2D eigenvalue weighted by Gasteiger charge is -2.35. The second kappa shape index (κ2) is 5.43. The predicted molar refractivity (Wildman–Crippen MR) is 73.1 cm³/mol. The number of rotatable bonds is 2. The Morgan fingerprint density at radius 2 is 2.16 bits per heavy atom. The van der Waals surface area contributed by atoms with E-state index in [0.29, 0.717) is 0 Å². The van der Waals surface area contributed by atoms with Crippen molar-refractivity contribution in [3.63, 3.8) is 0 Å². The quantitative estimate of drug-likeness (QED) is 0.812. The fraction of sp³-hybridized carbons (Fsp3) is 0.400. The maximum atomic E-state index is 11.6. The molecule has 19 heavy (non-hydrogen) atoms. The lowest BCUT2D eigenvalue weighted by molar-refractivity contribution is -0.123. The van der Waals surface area contributed by atoms with Gasteiger partial charge in [0.05, 0.1) is 0 Å². The number of hydrogen-bond acceptors (Lipinski definition) is 3. The first-order valence-electron chi connectivity index (χ1n) is 6.31. The minimum Gasteiger partial charge on any atom is -0.329 e. The summed E-state index contributed by atoms with van der Waals surface area (Å²) in [4.78, 5) is 13.4. The summed E-state index contributed by atoms with van der Waals surface area (Å²) < 4.78 is 5.72. The monoisotopic (exact) mass is 258 g/mol. The minimum absolute atomic E-state index is 0.0632. The molecule has 100 valence electrons. The molecule has 0 spiro atoms. The molecule has 0 bridgehead atoms. The van der Waals surface area contributed by atoms with Crippen LogP contribution in [0.5, 0.6) is 0 Å². The van der Waals surface area contributed by atoms with E-state index in [9.17, 15) is 4.79 Å². The molecule has 4 nitrogen and oxygen atoms in total. The average Bonchev–Trinajstić information content (AvgIpc) is 2.80. The minimum atomic E-state index is -0.921. The number of nitrogens with one attached hydrogen (secondary N) is 1. The van der Waals surface area contributed by atoms with Crippen LogP contribution in [0.25, 0.3) is 0 Å². The highest BCUT2D eigenvalue weighted by Crippen LogP contribution is 2.30. The predicted octanol–water partition coefficient (Wildman–Crippen LogP) is 1.27. The van der Waals surface area contributed by atoms with Gasteiger partial charge in [-0.25, -0.2) is 0 Å². The van der Waals surface area contributed by atoms with Gasteiger partial charge in [0.1, 0.15) is 6.61 Å². The summed E-state index contributed by atoms with van der Waals surface area (Å²) in [5.74, 6) is 5.15. The average molecular weight is 258 g/mol. The topological polar surface area (TPSA) is 41.6 Å². The van der Waals surface area contributed by atoms with Crippen molar-refractivity contribution < 1.29 is 9.53 Å². The highest BCUT2D eigenvalue weighted by atomic mass is 16.6. The number of amides is 1. The molecule has 1 atom stereocenters. The third kappa shape index (κ3) is 2.48. The molecule has 1 aromatic carbocycles. The molecular weight excluding hydrogens is 240 g/mol. The fourth-order valence-electron chi connectivity index (χ4n) is 2.13. The summed E-state index contributed by atoms with van der Waals surface area (Å²) >= 11 is 0. The van der Waals surface area contributed by atoms with Crippen LogP contribution in [0.1, 0.15) is 24.5 Å². The van der Waals surface area contributed by atoms with E-state index in [1.807, 2.05) is 50.2 Å². The Morgan fingerprint density at radius 1 is 1.42 bits per heavy atom. The molecule has 4 heteroatoms. The molecule has 1 unspecified atom stereocenters. The number of ether oxygens (including phenoxy) is 1. The fourth-order valence-corrected chi connectivity index (χ4v) is 2.13. The Labute approximate surface area is 113 Å². The van der Waals surface area contributed by atoms with Crippen LogP contribution >= 0.6 is 0 Å². The summed E-state index contributed by atoms with van der Waals surface area (Å²) in [7, 11) is 3.74. The Bertz CT molecular complexity index is 543. The van der Waals surface area contributed by atoms with Crippen molar-refractivity contribution in [2.75, 3.05) is 20.7 Å². The van der Waals surface area contributed by atoms with Crippen LogP contribution in [0.4, 0.5) is 0 Å². The van der Waals surface area contributed by atoms with Crippen LogP contribution in [0.15, 0.2) is 24.3 Å². The van der Waals surface area contributed by atoms with E-state index in [1.165, 1.54) is 0 Å². The Morgan fingerprint density at radius 3 is 2.74 bits per heavy atom. The van der Waals surface area contributed by atoms with Crippen molar-refractivity contribution in [2.24, 2.45) is 0 Å². The number of carbonyl (C=O) groups is 1. The zero-order valence-corrected chi connectivity index (χ0v) is 11.5. The van der Waals surface area contributed by atoms with Crippen molar-refractivity contribution in [3.8, 4) is 11.8 Å². The maximum absolute atomic E-state index is 11.6. The molecule has 1 aromatic rings. The van der Waals surface area contributed by atoms with Crippen LogP contribution in [-0.4, -0.2) is 31.5 Å². The maximum Gasteiger partial charge on any atom is 0.249 e. The van der Waals surface area contributed by atoms with Crippen molar-refractivity contribution in [3.05, 3.63) is 35.4 Å². The third-order valence-corrected chi connectivity index (χ3v) is 3.04. The van der Waals surface area contributed by atoms with Crippen molar-refractivity contribution in [1.29, 1.82) is 0 Å². The van der Waals surface area contributed by atoms with E-state index in [1.54, 1.807) is 0 Å². The smallest absolute Gasteiger partial charge is 0.249 e. The van der Waals surface area contributed by atoms with Gasteiger partial charge in [-0.3, -0.25) is 9.69 Å². The van der Waals surface area contributed by atoms with Gasteiger partial charge in [-0.1, -0.05) is 37.0 Å². The second-order valence-electron chi connectivity index (χ2n) is 4.58. The summed E-state index contributed by atoms with van der Waals surface area (Å²) in [6.07, 6.45) is 0.788. The van der Waals surface area contributed by atoms with Gasteiger partial charge in [-0.15, -0.1) is 0 Å². The summed E-state index contributed by atoms with van der Waals surface area (Å²) in [5, 5.41) is 2.90. The molecule has 1 aliphatic heterocycles. The molecule has 1 amide bonds. The van der Waals surface area contributed by atoms with Crippen LogP contribution in [0.3, 0.4) is 0 Å². The largest absolute Gasteiger partial charge is 0.329 e. The van der Waals surface area contributed by atoms with Gasteiger partial charge in [0.15, 0.2) is 0 Å². The molecule has 0 radical (unpaired) electrons. The van der Waals surface area contributed by atoms with E-state index in [4.69, 9.17) is 4.74 Å². The van der Waals surface area contributed by atoms with Crippen molar-refractivity contribution in [1.82, 2.24) is 10.2 Å². The normalized spacial score (nSPS) is 22.0. The van der Waals surface area contributed by atoms with Gasteiger partial charge in [0.25, 0.3) is 0 Å². The Hall–Kier alpha value is -1.83. The Kier molecular flexibility index (Phi) is 3.89. The summed E-state index contributed by atoms with van der Waals surface area (Å²) in [6, 6.07) is 7.73. The van der Waals surface area contributed by atoms with E-state index in [2.05, 4.69) is 17.2 Å². The summed E-state index contributed by atoms with van der Waals surface area (Å²) in [5.41, 5.74) is 1.74. The van der Waals surface area contributed by atoms with Gasteiger partial charge >= 0.3 is 0 Å². The first kappa shape index (κ1) is 13.6. The molecule has 0 saturated carbocycles. The summed E-state index contributed by atoms with van der Waals surface area (Å²) in [6.45, 7) is 2.07. The van der Waals surface area contributed by atoms with Gasteiger partial charge in [-0.05, 0) is 20.2 Å². The molecule has 2 rings (SSSR count). The van der Waals surface area contributed by atoms with E-state index >= 15 is 0 Å². The molecule has 0 aromatic heterocycles. The number of hydrogen-bond donors (Lipinski definition) is 1. The van der Waals surface area contributed by atoms with E-state index in [-0.39, 0.29) is 12.5 Å². The van der Waals surface area contributed by atoms with Crippen LogP contribution < -0.4 is 5.32 Å². The molecular formula is C15H18N2O2. The van der Waals surface area contributed by atoms with E-state index < -0.39 is 5.85 Å². The Balaban J connectivity index is 2.52. The van der Waals surface area contributed by atoms with Crippen LogP contribution in [0.2, 0.25) is 0 Å². The van der Waals surface area contributed by atoms with Crippen molar-refractivity contribution >= 4 is 5.91 Å². The van der Waals surface area contributed by atoms with Crippen LogP contribution in [-0.2, 0) is 15.4 Å². The standard InChI is InChI=1S/C15H18N2O2/c1-4-5-8-12-9-6-7-10-13(12)15(17(2)3)16-14(18)11-19-15/h6-7,9-10H,4,11H2,1-3H3,(H,16,18). The number of benzene rings is 1. The molecule has 1 N–H and O–H groups in total. The van der Waals surface area contributed by atoms with Crippen LogP contribution in [0, 0.1) is 11.8 Å². The lowest BCUT2D eigenvalue weighted by Crippen LogP contribution is -2.51. The number of nitrogens with zero attached hydrogens (tertiary/aromatic N) is 1. The van der Waals surface area contributed by atoms with Gasteiger partial charge in [0, 0.05) is 17.5 Å². The second-order valence-corrected chi connectivity index (χ2v) is 4.58. The van der Waals surface area contributed by atoms with Gasteiger partial charge < -0.3 is 10.1 Å². The van der Waals surface area contributed by atoms with Crippen molar-refractivity contribution in [2.45, 2.75) is 19.2 Å². The van der Waals surface area contributed by atoms with Gasteiger partial charge in [0.2, 0.25) is 11.8 Å². The first-order valence-corrected chi connectivity index (χ1v) is 6.31. The molecule has 0 aliphatic carbocycles. The highest BCUT2D eigenvalue weighted by Gasteiger charge is 2.44. The lowest BCUT2D eigenvalue weighted by atomic mass is 10.0. The third-order valence-electron chi connectivity index (χ3n) is 3.04. The number of carbonyl (C=O) groups excluding carboxylic acids is 1. The highest BCUT2D eigenvalue weighted by molar-refractivity contribution is 5.80. The van der Waals surface area contributed by atoms with Gasteiger partial charge in [-0.2, -0.15) is 0 Å². The molecule has 1 saturated heterocycles.